The Balaban J connectivity index is 1.78. The molecule has 1 aliphatic heterocycles. The molecule has 1 aliphatic rings. The number of unbranched alkanes of at least 4 members (excludes halogenated alkanes) is 2. The molecule has 144 valence electrons. The molecular formula is C20H30NO4S+. The van der Waals surface area contributed by atoms with Crippen molar-refractivity contribution < 1.29 is 24.0 Å². The number of likely N-dealkylation sites (tertiary alicyclic amines) is 1. The van der Waals surface area contributed by atoms with E-state index in [2.05, 4.69) is 0 Å². The summed E-state index contributed by atoms with van der Waals surface area (Å²) in [4.78, 5) is 25.0. The van der Waals surface area contributed by atoms with E-state index in [1.165, 1.54) is 65.6 Å². The Morgan fingerprint density at radius 3 is 2.42 bits per heavy atom. The molecule has 26 heavy (non-hydrogen) atoms. The third-order valence-electron chi connectivity index (χ3n) is 4.42. The lowest BCUT2D eigenvalue weighted by molar-refractivity contribution is -0.905. The molecule has 0 saturated carbocycles. The molecule has 1 fully saturated rings. The van der Waals surface area contributed by atoms with Crippen LogP contribution in [0.1, 0.15) is 52.4 Å². The van der Waals surface area contributed by atoms with Gasteiger partial charge in [-0.05, 0) is 62.5 Å². The molecule has 0 unspecified atom stereocenters. The second kappa shape index (κ2) is 11.2. The van der Waals surface area contributed by atoms with Crippen molar-refractivity contribution in [3.63, 3.8) is 0 Å². The van der Waals surface area contributed by atoms with Gasteiger partial charge >= 0.3 is 11.9 Å². The molecule has 1 aromatic carbocycles. The van der Waals surface area contributed by atoms with E-state index in [0.29, 0.717) is 11.5 Å². The molecule has 6 heteroatoms. The summed E-state index contributed by atoms with van der Waals surface area (Å²) in [7, 11) is 0. The van der Waals surface area contributed by atoms with Gasteiger partial charge in [-0.3, -0.25) is 9.59 Å². The van der Waals surface area contributed by atoms with Crippen LogP contribution in [0.5, 0.6) is 11.5 Å². The molecule has 0 atom stereocenters. The maximum atomic E-state index is 11.3. The average molecular weight is 381 g/mol. The van der Waals surface area contributed by atoms with Gasteiger partial charge < -0.3 is 14.4 Å². The number of esters is 2. The first-order chi connectivity index (χ1) is 12.5. The molecule has 0 bridgehead atoms. The maximum Gasteiger partial charge on any atom is 0.308 e. The molecule has 0 spiro atoms. The van der Waals surface area contributed by atoms with E-state index in [1.807, 2.05) is 0 Å². The highest BCUT2D eigenvalue weighted by Gasteiger charge is 2.13. The summed E-state index contributed by atoms with van der Waals surface area (Å²) in [6.07, 6.45) is 7.75. The second-order valence-corrected chi connectivity index (χ2v) is 7.90. The Labute approximate surface area is 160 Å². The van der Waals surface area contributed by atoms with E-state index in [0.717, 1.165) is 17.1 Å². The van der Waals surface area contributed by atoms with Gasteiger partial charge in [-0.2, -0.15) is 0 Å². The summed E-state index contributed by atoms with van der Waals surface area (Å²) in [5.74, 6) is 1.24. The third kappa shape index (κ3) is 7.79. The second-order valence-electron chi connectivity index (χ2n) is 6.77. The third-order valence-corrected chi connectivity index (χ3v) is 5.55. The Hall–Kier alpha value is -1.53. The minimum Gasteiger partial charge on any atom is -0.427 e. The van der Waals surface area contributed by atoms with Gasteiger partial charge in [-0.25, -0.2) is 0 Å². The highest BCUT2D eigenvalue weighted by molar-refractivity contribution is 7.99. The van der Waals surface area contributed by atoms with Crippen molar-refractivity contribution in [2.45, 2.75) is 57.3 Å². The van der Waals surface area contributed by atoms with Gasteiger partial charge in [-0.1, -0.05) is 0 Å². The molecule has 0 aliphatic carbocycles. The number of hydrogen-bond acceptors (Lipinski definition) is 5. The summed E-state index contributed by atoms with van der Waals surface area (Å²) < 4.78 is 10.4. The Morgan fingerprint density at radius 2 is 1.73 bits per heavy atom. The summed E-state index contributed by atoms with van der Waals surface area (Å²) in [5.41, 5.74) is 0. The van der Waals surface area contributed by atoms with Gasteiger partial charge in [0.15, 0.2) is 0 Å². The summed E-state index contributed by atoms with van der Waals surface area (Å²) in [5, 5.41) is 0. The van der Waals surface area contributed by atoms with Crippen molar-refractivity contribution in [1.82, 2.24) is 0 Å². The number of rotatable bonds is 9. The number of hydrogen-bond donors (Lipinski definition) is 1. The molecular weight excluding hydrogens is 350 g/mol. The molecule has 0 aromatic heterocycles. The van der Waals surface area contributed by atoms with Gasteiger partial charge in [0.2, 0.25) is 0 Å². The molecule has 5 nitrogen and oxygen atoms in total. The molecule has 0 radical (unpaired) electrons. The average Bonchev–Trinajstić information content (AvgIpc) is 2.60. The first kappa shape index (κ1) is 20.8. The van der Waals surface area contributed by atoms with Crippen LogP contribution < -0.4 is 14.4 Å². The number of ether oxygens (including phenoxy) is 2. The standard InChI is InChI=1S/C20H29NO4S/c1-16(22)24-18-9-10-19(25-17(2)23)20(15-18)26-14-8-4-7-13-21-11-5-3-6-12-21/h9-10,15H,3-8,11-14H2,1-2H3/p+1. The normalized spacial score (nSPS) is 14.8. The first-order valence-electron chi connectivity index (χ1n) is 9.52. The lowest BCUT2D eigenvalue weighted by atomic mass is 10.1. The van der Waals surface area contributed by atoms with Crippen LogP contribution in [-0.2, 0) is 9.59 Å². The molecule has 1 aromatic rings. The number of nitrogens with one attached hydrogen (secondary N) is 1. The van der Waals surface area contributed by atoms with Crippen molar-refractivity contribution >= 4 is 23.7 Å². The van der Waals surface area contributed by atoms with E-state index >= 15 is 0 Å². The number of carbonyl (C=O) groups is 2. The fraction of sp³-hybridized carbons (Fsp3) is 0.600. The van der Waals surface area contributed by atoms with Crippen LogP contribution in [0.3, 0.4) is 0 Å². The Bertz CT molecular complexity index is 599. The summed E-state index contributed by atoms with van der Waals surface area (Å²) >= 11 is 1.64. The van der Waals surface area contributed by atoms with Crippen LogP contribution in [0.2, 0.25) is 0 Å². The van der Waals surface area contributed by atoms with Crippen LogP contribution in [0.25, 0.3) is 0 Å². The van der Waals surface area contributed by atoms with Crippen molar-refractivity contribution in [2.24, 2.45) is 0 Å². The van der Waals surface area contributed by atoms with E-state index in [4.69, 9.17) is 9.47 Å². The van der Waals surface area contributed by atoms with E-state index < -0.39 is 0 Å². The Morgan fingerprint density at radius 1 is 1.00 bits per heavy atom. The van der Waals surface area contributed by atoms with Crippen LogP contribution in [0.15, 0.2) is 23.1 Å². The molecule has 1 N–H and O–H groups in total. The largest absolute Gasteiger partial charge is 0.427 e. The lowest BCUT2D eigenvalue weighted by Crippen LogP contribution is -3.12. The van der Waals surface area contributed by atoms with E-state index in [9.17, 15) is 9.59 Å². The topological polar surface area (TPSA) is 57.0 Å². The van der Waals surface area contributed by atoms with E-state index in [1.54, 1.807) is 34.9 Å². The summed E-state index contributed by atoms with van der Waals surface area (Å²) in [6, 6.07) is 5.09. The number of carbonyl (C=O) groups excluding carboxylic acids is 2. The van der Waals surface area contributed by atoms with Gasteiger partial charge in [0.25, 0.3) is 0 Å². The van der Waals surface area contributed by atoms with Gasteiger partial charge in [0, 0.05) is 13.8 Å². The fourth-order valence-electron chi connectivity index (χ4n) is 3.21. The number of piperidine rings is 1. The highest BCUT2D eigenvalue weighted by atomic mass is 32.2. The molecule has 1 heterocycles. The number of benzene rings is 1. The van der Waals surface area contributed by atoms with Crippen molar-refractivity contribution in [3.8, 4) is 11.5 Å². The number of thioether (sulfide) groups is 1. The van der Waals surface area contributed by atoms with Crippen molar-refractivity contribution in [2.75, 3.05) is 25.4 Å². The minimum absolute atomic E-state index is 0.350. The lowest BCUT2D eigenvalue weighted by Gasteiger charge is -2.23. The molecule has 2 rings (SSSR count). The van der Waals surface area contributed by atoms with Crippen LogP contribution in [0.4, 0.5) is 0 Å². The SMILES string of the molecule is CC(=O)Oc1ccc(OC(C)=O)c(SCCCCC[NH+]2CCCCC2)c1. The van der Waals surface area contributed by atoms with Crippen LogP contribution in [0, 0.1) is 0 Å². The quantitative estimate of drug-likeness (QED) is 0.309. The van der Waals surface area contributed by atoms with Gasteiger partial charge in [0.1, 0.15) is 11.5 Å². The highest BCUT2D eigenvalue weighted by Crippen LogP contribution is 2.33. The van der Waals surface area contributed by atoms with Crippen LogP contribution >= 0.6 is 11.8 Å². The monoisotopic (exact) mass is 380 g/mol. The van der Waals surface area contributed by atoms with Crippen LogP contribution in [-0.4, -0.2) is 37.3 Å². The zero-order chi connectivity index (χ0) is 18.8. The molecule has 1 saturated heterocycles. The summed E-state index contributed by atoms with van der Waals surface area (Å²) in [6.45, 7) is 6.71. The Kier molecular flexibility index (Phi) is 8.98. The molecule has 0 amide bonds. The zero-order valence-corrected chi connectivity index (χ0v) is 16.7. The smallest absolute Gasteiger partial charge is 0.308 e. The first-order valence-corrected chi connectivity index (χ1v) is 10.5. The minimum atomic E-state index is -0.360. The predicted molar refractivity (Wildman–Crippen MR) is 103 cm³/mol. The van der Waals surface area contributed by atoms with E-state index in [-0.39, 0.29) is 11.9 Å². The van der Waals surface area contributed by atoms with Crippen molar-refractivity contribution in [3.05, 3.63) is 18.2 Å². The van der Waals surface area contributed by atoms with Gasteiger partial charge in [0.05, 0.1) is 24.5 Å². The van der Waals surface area contributed by atoms with Gasteiger partial charge in [-0.15, -0.1) is 11.8 Å². The zero-order valence-electron chi connectivity index (χ0n) is 15.8. The number of quaternary nitrogens is 1. The maximum absolute atomic E-state index is 11.3. The fourth-order valence-corrected chi connectivity index (χ4v) is 4.23. The van der Waals surface area contributed by atoms with Crippen molar-refractivity contribution in [1.29, 1.82) is 0 Å². The predicted octanol–water partition coefficient (Wildman–Crippen LogP) is 2.87.